The van der Waals surface area contributed by atoms with Gasteiger partial charge in [-0.1, -0.05) is 18.2 Å². The summed E-state index contributed by atoms with van der Waals surface area (Å²) in [5.41, 5.74) is 1.74. The highest BCUT2D eigenvalue weighted by Crippen LogP contribution is 2.23. The van der Waals surface area contributed by atoms with Gasteiger partial charge in [-0.3, -0.25) is 4.79 Å². The van der Waals surface area contributed by atoms with Gasteiger partial charge in [0.2, 0.25) is 0 Å². The van der Waals surface area contributed by atoms with E-state index in [4.69, 9.17) is 17.0 Å². The second-order valence-electron chi connectivity index (χ2n) is 6.15. The number of Topliss-reactive ketones (excluding diaryl/α,β-unsaturated/α-hetero) is 1. The normalized spacial score (nSPS) is 14.8. The lowest BCUT2D eigenvalue weighted by Gasteiger charge is -2.33. The van der Waals surface area contributed by atoms with Gasteiger partial charge in [0, 0.05) is 30.3 Å². The molecule has 1 aliphatic rings. The van der Waals surface area contributed by atoms with Crippen molar-refractivity contribution in [2.75, 3.05) is 25.5 Å². The van der Waals surface area contributed by atoms with Crippen molar-refractivity contribution >= 4 is 28.8 Å². The van der Waals surface area contributed by atoms with Gasteiger partial charge in [-0.15, -0.1) is 0 Å². The molecule has 0 unspecified atom stereocenters. The Balaban J connectivity index is 1.54. The minimum absolute atomic E-state index is 0.0594. The van der Waals surface area contributed by atoms with Crippen LogP contribution in [0, 0.1) is 5.92 Å². The number of anilines is 1. The van der Waals surface area contributed by atoms with Crippen LogP contribution < -0.4 is 10.1 Å². The molecule has 1 saturated heterocycles. The number of benzene rings is 2. The van der Waals surface area contributed by atoms with Crippen molar-refractivity contribution in [1.29, 1.82) is 0 Å². The largest absolute Gasteiger partial charge is 0.497 e. The topological polar surface area (TPSA) is 41.6 Å². The van der Waals surface area contributed by atoms with Crippen molar-refractivity contribution in [3.8, 4) is 5.75 Å². The number of likely N-dealkylation sites (tertiary alicyclic amines) is 1. The molecule has 0 radical (unpaired) electrons. The molecule has 0 atom stereocenters. The molecular weight excluding hydrogens is 332 g/mol. The van der Waals surface area contributed by atoms with E-state index < -0.39 is 0 Å². The summed E-state index contributed by atoms with van der Waals surface area (Å²) < 4.78 is 5.14. The van der Waals surface area contributed by atoms with Crippen LogP contribution in [0.1, 0.15) is 23.2 Å². The molecular formula is C20H22N2O2S. The van der Waals surface area contributed by atoms with E-state index in [2.05, 4.69) is 10.2 Å². The van der Waals surface area contributed by atoms with E-state index in [0.29, 0.717) is 0 Å². The highest BCUT2D eigenvalue weighted by molar-refractivity contribution is 7.80. The Labute approximate surface area is 153 Å². The van der Waals surface area contributed by atoms with Crippen LogP contribution in [0.25, 0.3) is 0 Å². The monoisotopic (exact) mass is 354 g/mol. The Bertz CT molecular complexity index is 723. The number of carbonyl (C=O) groups excluding carboxylic acids is 1. The number of nitrogens with zero attached hydrogens (tertiary/aromatic N) is 1. The average Bonchev–Trinajstić information content (AvgIpc) is 2.68. The highest BCUT2D eigenvalue weighted by Gasteiger charge is 2.26. The first kappa shape index (κ1) is 17.4. The first-order valence-corrected chi connectivity index (χ1v) is 8.87. The number of ether oxygens (including phenoxy) is 1. The molecule has 1 aliphatic heterocycles. The van der Waals surface area contributed by atoms with E-state index in [9.17, 15) is 4.79 Å². The Morgan fingerprint density at radius 1 is 1.08 bits per heavy atom. The van der Waals surface area contributed by atoms with Gasteiger partial charge in [0.1, 0.15) is 5.75 Å². The molecule has 0 saturated carbocycles. The standard InChI is InChI=1S/C20H22N2O2S/c1-24-18-9-7-15(8-10-18)19(23)16-11-13-22(14-12-16)20(25)21-17-5-3-2-4-6-17/h2-10,16H,11-14H2,1H3,(H,21,25). The summed E-state index contributed by atoms with van der Waals surface area (Å²) >= 11 is 5.50. The van der Waals surface area contributed by atoms with Crippen LogP contribution in [0.2, 0.25) is 0 Å². The lowest BCUT2D eigenvalue weighted by molar-refractivity contribution is 0.0873. The predicted octanol–water partition coefficient (Wildman–Crippen LogP) is 3.99. The van der Waals surface area contributed by atoms with E-state index in [1.165, 1.54) is 0 Å². The second kappa shape index (κ2) is 8.12. The maximum atomic E-state index is 12.7. The number of ketones is 1. The third kappa shape index (κ3) is 4.37. The van der Waals surface area contributed by atoms with Gasteiger partial charge in [-0.25, -0.2) is 0 Å². The molecule has 2 aromatic rings. The van der Waals surface area contributed by atoms with Gasteiger partial charge in [-0.2, -0.15) is 0 Å². The smallest absolute Gasteiger partial charge is 0.173 e. The van der Waals surface area contributed by atoms with Crippen LogP contribution in [0.5, 0.6) is 5.75 Å². The molecule has 25 heavy (non-hydrogen) atoms. The molecule has 0 bridgehead atoms. The molecule has 0 amide bonds. The minimum atomic E-state index is 0.0594. The van der Waals surface area contributed by atoms with E-state index in [1.54, 1.807) is 7.11 Å². The maximum absolute atomic E-state index is 12.7. The van der Waals surface area contributed by atoms with Crippen LogP contribution in [0.4, 0.5) is 5.69 Å². The van der Waals surface area contributed by atoms with Crippen molar-refractivity contribution in [2.24, 2.45) is 5.92 Å². The lowest BCUT2D eigenvalue weighted by Crippen LogP contribution is -2.42. The number of rotatable bonds is 4. The van der Waals surface area contributed by atoms with E-state index >= 15 is 0 Å². The average molecular weight is 354 g/mol. The predicted molar refractivity (Wildman–Crippen MR) is 104 cm³/mol. The molecule has 3 rings (SSSR count). The Hall–Kier alpha value is -2.40. The third-order valence-electron chi connectivity index (χ3n) is 4.55. The summed E-state index contributed by atoms with van der Waals surface area (Å²) in [7, 11) is 1.62. The number of carbonyl (C=O) groups is 1. The van der Waals surface area contributed by atoms with E-state index in [0.717, 1.165) is 48.0 Å². The molecule has 0 aromatic heterocycles. The third-order valence-corrected chi connectivity index (χ3v) is 4.91. The quantitative estimate of drug-likeness (QED) is 0.664. The molecule has 5 heteroatoms. The first-order valence-electron chi connectivity index (χ1n) is 8.46. The zero-order chi connectivity index (χ0) is 17.6. The van der Waals surface area contributed by atoms with Crippen LogP contribution in [-0.2, 0) is 0 Å². The zero-order valence-corrected chi connectivity index (χ0v) is 15.1. The Morgan fingerprint density at radius 2 is 1.72 bits per heavy atom. The first-order chi connectivity index (χ1) is 12.2. The molecule has 4 nitrogen and oxygen atoms in total. The number of thiocarbonyl (C=S) groups is 1. The molecule has 130 valence electrons. The summed E-state index contributed by atoms with van der Waals surface area (Å²) in [4.78, 5) is 14.8. The minimum Gasteiger partial charge on any atom is -0.497 e. The molecule has 1 N–H and O–H groups in total. The molecule has 0 spiro atoms. The van der Waals surface area contributed by atoms with Crippen LogP contribution in [-0.4, -0.2) is 36.0 Å². The van der Waals surface area contributed by atoms with Gasteiger partial charge in [0.15, 0.2) is 10.9 Å². The number of hydrogen-bond donors (Lipinski definition) is 1. The second-order valence-corrected chi connectivity index (χ2v) is 6.54. The number of para-hydroxylation sites is 1. The summed E-state index contributed by atoms with van der Waals surface area (Å²) in [5, 5.41) is 3.98. The highest BCUT2D eigenvalue weighted by atomic mass is 32.1. The fourth-order valence-corrected chi connectivity index (χ4v) is 3.36. The summed E-state index contributed by atoms with van der Waals surface area (Å²) in [6, 6.07) is 17.3. The number of piperidine rings is 1. The van der Waals surface area contributed by atoms with Crippen molar-refractivity contribution in [2.45, 2.75) is 12.8 Å². The van der Waals surface area contributed by atoms with Gasteiger partial charge in [0.05, 0.1) is 7.11 Å². The molecule has 2 aromatic carbocycles. The number of nitrogens with one attached hydrogen (secondary N) is 1. The van der Waals surface area contributed by atoms with E-state index in [1.807, 2.05) is 54.6 Å². The van der Waals surface area contributed by atoms with E-state index in [-0.39, 0.29) is 11.7 Å². The number of hydrogen-bond acceptors (Lipinski definition) is 3. The van der Waals surface area contributed by atoms with Crippen LogP contribution >= 0.6 is 12.2 Å². The Kier molecular flexibility index (Phi) is 5.66. The van der Waals surface area contributed by atoms with Crippen LogP contribution in [0.15, 0.2) is 54.6 Å². The van der Waals surface area contributed by atoms with Gasteiger partial charge in [-0.05, 0) is 61.5 Å². The van der Waals surface area contributed by atoms with Gasteiger partial charge < -0.3 is 15.0 Å². The molecule has 0 aliphatic carbocycles. The fraction of sp³-hybridized carbons (Fsp3) is 0.300. The molecule has 1 fully saturated rings. The van der Waals surface area contributed by atoms with Crippen molar-refractivity contribution in [1.82, 2.24) is 4.90 Å². The zero-order valence-electron chi connectivity index (χ0n) is 14.3. The SMILES string of the molecule is COc1ccc(C(=O)C2CCN(C(=S)Nc3ccccc3)CC2)cc1. The molecule has 1 heterocycles. The Morgan fingerprint density at radius 3 is 2.32 bits per heavy atom. The van der Waals surface area contributed by atoms with Crippen molar-refractivity contribution < 1.29 is 9.53 Å². The van der Waals surface area contributed by atoms with Crippen LogP contribution in [0.3, 0.4) is 0 Å². The number of methoxy groups -OCH3 is 1. The van der Waals surface area contributed by atoms with Gasteiger partial charge >= 0.3 is 0 Å². The summed E-state index contributed by atoms with van der Waals surface area (Å²) in [5.74, 6) is 1.04. The van der Waals surface area contributed by atoms with Gasteiger partial charge in [0.25, 0.3) is 0 Å². The summed E-state index contributed by atoms with van der Waals surface area (Å²) in [6.07, 6.45) is 1.64. The van der Waals surface area contributed by atoms with Crippen molar-refractivity contribution in [3.63, 3.8) is 0 Å². The van der Waals surface area contributed by atoms with Crippen molar-refractivity contribution in [3.05, 3.63) is 60.2 Å². The summed E-state index contributed by atoms with van der Waals surface area (Å²) in [6.45, 7) is 1.59. The fourth-order valence-electron chi connectivity index (χ4n) is 3.06. The lowest BCUT2D eigenvalue weighted by atomic mass is 9.89. The maximum Gasteiger partial charge on any atom is 0.173 e.